The summed E-state index contributed by atoms with van der Waals surface area (Å²) in [6, 6.07) is 1.34. The first-order valence-corrected chi connectivity index (χ1v) is 12.8. The number of nitrogens with one attached hydrogen (secondary N) is 1. The molecule has 0 radical (unpaired) electrons. The highest BCUT2D eigenvalue weighted by Crippen LogP contribution is 2.53. The molecule has 14 heteroatoms. The highest BCUT2D eigenvalue weighted by Gasteiger charge is 2.58. The van der Waals surface area contributed by atoms with Crippen LogP contribution < -0.4 is 10.2 Å². The van der Waals surface area contributed by atoms with Crippen LogP contribution in [0.25, 0.3) is 0 Å². The minimum atomic E-state index is -5.22. The van der Waals surface area contributed by atoms with Crippen molar-refractivity contribution in [1.29, 1.82) is 0 Å². The van der Waals surface area contributed by atoms with E-state index in [1.54, 1.807) is 0 Å². The molecule has 0 saturated heterocycles. The van der Waals surface area contributed by atoms with Gasteiger partial charge in [-0.25, -0.2) is 18.0 Å². The number of rotatable bonds is 7. The first-order valence-electron chi connectivity index (χ1n) is 12.8. The van der Waals surface area contributed by atoms with Gasteiger partial charge < -0.3 is 25.1 Å². The molecule has 41 heavy (non-hydrogen) atoms. The van der Waals surface area contributed by atoms with Crippen molar-refractivity contribution >= 4 is 35.7 Å². The van der Waals surface area contributed by atoms with Crippen molar-refractivity contribution in [2.45, 2.75) is 44.5 Å². The summed E-state index contributed by atoms with van der Waals surface area (Å²) in [6.45, 7) is 5.41. The van der Waals surface area contributed by atoms with Gasteiger partial charge in [0.05, 0.1) is 16.8 Å². The van der Waals surface area contributed by atoms with E-state index in [4.69, 9.17) is 0 Å². The molecule has 1 fully saturated rings. The topological polar surface area (TPSA) is 76.1 Å². The Morgan fingerprint density at radius 3 is 2.10 bits per heavy atom. The number of benzene rings is 2. The SMILES string of the molecule is CCN(CC)C1CC(CN2C(=O)C(O)(c3c(F)cc(F)cc3F)c3c2cc(NC(=O)N(C)C)cc3C(F)(F)F)C1.Cl. The number of halogens is 7. The number of carbonyl (C=O) groups excluding carboxylic acids is 2. The molecule has 0 spiro atoms. The van der Waals surface area contributed by atoms with E-state index in [9.17, 15) is 41.0 Å². The monoisotopic (exact) mass is 608 g/mol. The second kappa shape index (κ2) is 11.7. The van der Waals surface area contributed by atoms with Crippen LogP contribution in [0.5, 0.6) is 0 Å². The second-order valence-corrected chi connectivity index (χ2v) is 10.3. The van der Waals surface area contributed by atoms with Crippen LogP contribution in [0.15, 0.2) is 24.3 Å². The fourth-order valence-corrected chi connectivity index (χ4v) is 5.61. The van der Waals surface area contributed by atoms with Crippen LogP contribution in [-0.4, -0.2) is 66.6 Å². The maximum atomic E-state index is 15.0. The van der Waals surface area contributed by atoms with Gasteiger partial charge in [0.1, 0.15) is 17.5 Å². The summed E-state index contributed by atoms with van der Waals surface area (Å²) in [5.74, 6) is -6.39. The van der Waals surface area contributed by atoms with Crippen molar-refractivity contribution in [2.24, 2.45) is 5.92 Å². The maximum absolute atomic E-state index is 15.0. The van der Waals surface area contributed by atoms with Gasteiger partial charge >= 0.3 is 12.2 Å². The second-order valence-electron chi connectivity index (χ2n) is 10.3. The number of nitrogens with zero attached hydrogens (tertiary/aromatic N) is 3. The Bertz CT molecular complexity index is 1310. The Kier molecular flexibility index (Phi) is 9.26. The number of alkyl halides is 3. The molecule has 1 saturated carbocycles. The lowest BCUT2D eigenvalue weighted by molar-refractivity contribution is -0.142. The van der Waals surface area contributed by atoms with Crippen molar-refractivity contribution in [3.8, 4) is 0 Å². The summed E-state index contributed by atoms with van der Waals surface area (Å²) in [5, 5.41) is 13.9. The number of aliphatic hydroxyl groups is 1. The summed E-state index contributed by atoms with van der Waals surface area (Å²) in [5.41, 5.74) is -8.32. The minimum Gasteiger partial charge on any atom is -0.371 e. The number of hydrogen-bond donors (Lipinski definition) is 2. The van der Waals surface area contributed by atoms with E-state index in [0.29, 0.717) is 18.9 Å². The maximum Gasteiger partial charge on any atom is 0.416 e. The molecule has 0 bridgehead atoms. The molecule has 2 N–H and O–H groups in total. The first-order chi connectivity index (χ1) is 18.6. The van der Waals surface area contributed by atoms with E-state index in [2.05, 4.69) is 10.2 Å². The standard InChI is InChI=1S/C27H30F6N4O3.ClH/c1-5-36(6-2)17-7-14(8-17)13-37-21-12-16(34-25(39)35(3)4)11-18(27(31,32)33)22(21)26(40,24(37)38)23-19(29)9-15(28)10-20(23)30;/h9-12,14,17,40H,5-8,13H2,1-4H3,(H,34,39);1H. The molecule has 1 atom stereocenters. The first kappa shape index (κ1) is 32.5. The van der Waals surface area contributed by atoms with E-state index in [-0.39, 0.29) is 48.7 Å². The third-order valence-electron chi connectivity index (χ3n) is 7.64. The summed E-state index contributed by atoms with van der Waals surface area (Å²) in [7, 11) is 2.73. The Hall–Kier alpha value is -3.03. The van der Waals surface area contributed by atoms with Gasteiger partial charge in [0, 0.05) is 50.1 Å². The Labute approximate surface area is 239 Å². The zero-order valence-electron chi connectivity index (χ0n) is 22.8. The van der Waals surface area contributed by atoms with Crippen molar-refractivity contribution in [3.63, 3.8) is 0 Å². The lowest BCUT2D eigenvalue weighted by Gasteiger charge is -2.43. The molecule has 4 rings (SSSR count). The average Bonchev–Trinajstić information content (AvgIpc) is 3.03. The van der Waals surface area contributed by atoms with Crippen LogP contribution in [0.4, 0.5) is 42.5 Å². The van der Waals surface area contributed by atoms with Gasteiger partial charge in [0.25, 0.3) is 5.91 Å². The van der Waals surface area contributed by atoms with Crippen LogP contribution in [0, 0.1) is 23.4 Å². The van der Waals surface area contributed by atoms with Crippen LogP contribution in [0.2, 0.25) is 0 Å². The minimum absolute atomic E-state index is 0. The van der Waals surface area contributed by atoms with Gasteiger partial charge in [-0.15, -0.1) is 12.4 Å². The molecule has 1 unspecified atom stereocenters. The number of amides is 3. The molecule has 1 heterocycles. The molecule has 1 aliphatic heterocycles. The number of hydrogen-bond acceptors (Lipinski definition) is 4. The van der Waals surface area contributed by atoms with Crippen LogP contribution >= 0.6 is 12.4 Å². The van der Waals surface area contributed by atoms with Crippen LogP contribution in [0.1, 0.15) is 43.4 Å². The molecule has 2 aromatic rings. The zero-order valence-corrected chi connectivity index (χ0v) is 23.6. The molecule has 2 aromatic carbocycles. The van der Waals surface area contributed by atoms with E-state index < -0.39 is 63.5 Å². The number of urea groups is 1. The van der Waals surface area contributed by atoms with Crippen molar-refractivity contribution in [1.82, 2.24) is 9.80 Å². The fraction of sp³-hybridized carbons (Fsp3) is 0.481. The molecular weight excluding hydrogens is 578 g/mol. The highest BCUT2D eigenvalue weighted by atomic mass is 35.5. The van der Waals surface area contributed by atoms with Crippen molar-refractivity contribution in [2.75, 3.05) is 43.9 Å². The van der Waals surface area contributed by atoms with Gasteiger partial charge in [-0.3, -0.25) is 4.79 Å². The van der Waals surface area contributed by atoms with E-state index in [1.807, 2.05) is 13.8 Å². The summed E-state index contributed by atoms with van der Waals surface area (Å²) < 4.78 is 87.0. The smallest absolute Gasteiger partial charge is 0.371 e. The molecular formula is C27H31ClF6N4O3. The lowest BCUT2D eigenvalue weighted by atomic mass is 9.78. The normalized spacial score (nSPS) is 21.9. The third-order valence-corrected chi connectivity index (χ3v) is 7.64. The van der Waals surface area contributed by atoms with Gasteiger partial charge in [-0.05, 0) is 44.0 Å². The molecule has 0 aromatic heterocycles. The fourth-order valence-electron chi connectivity index (χ4n) is 5.61. The quantitative estimate of drug-likeness (QED) is 0.416. The summed E-state index contributed by atoms with van der Waals surface area (Å²) >= 11 is 0. The predicted molar refractivity (Wildman–Crippen MR) is 142 cm³/mol. The van der Waals surface area contributed by atoms with Gasteiger partial charge in [-0.1, -0.05) is 13.8 Å². The molecule has 7 nitrogen and oxygen atoms in total. The van der Waals surface area contributed by atoms with Crippen molar-refractivity contribution < 1.29 is 41.0 Å². The Morgan fingerprint density at radius 1 is 1.05 bits per heavy atom. The van der Waals surface area contributed by atoms with Crippen LogP contribution in [-0.2, 0) is 16.6 Å². The Morgan fingerprint density at radius 2 is 1.61 bits per heavy atom. The number of anilines is 2. The van der Waals surface area contributed by atoms with Gasteiger partial charge in [-0.2, -0.15) is 13.2 Å². The zero-order chi connectivity index (χ0) is 29.7. The van der Waals surface area contributed by atoms with Crippen molar-refractivity contribution in [3.05, 3.63) is 58.4 Å². The predicted octanol–water partition coefficient (Wildman–Crippen LogP) is 5.34. The molecule has 2 aliphatic rings. The lowest BCUT2D eigenvalue weighted by Crippen LogP contribution is -2.50. The Balaban J connectivity index is 0.00000462. The molecule has 226 valence electrons. The number of fused-ring (bicyclic) bond motifs is 1. The third kappa shape index (κ3) is 5.71. The summed E-state index contributed by atoms with van der Waals surface area (Å²) in [4.78, 5) is 30.2. The van der Waals surface area contributed by atoms with E-state index >= 15 is 0 Å². The van der Waals surface area contributed by atoms with E-state index in [1.165, 1.54) is 14.1 Å². The number of carbonyl (C=O) groups is 2. The van der Waals surface area contributed by atoms with Crippen LogP contribution in [0.3, 0.4) is 0 Å². The average molecular weight is 609 g/mol. The molecule has 3 amide bonds. The largest absolute Gasteiger partial charge is 0.416 e. The van der Waals surface area contributed by atoms with Gasteiger partial charge in [0.2, 0.25) is 5.60 Å². The summed E-state index contributed by atoms with van der Waals surface area (Å²) in [6.07, 6.45) is -3.99. The van der Waals surface area contributed by atoms with E-state index in [0.717, 1.165) is 29.0 Å². The molecule has 1 aliphatic carbocycles. The highest BCUT2D eigenvalue weighted by molar-refractivity contribution is 6.10. The van der Waals surface area contributed by atoms with Gasteiger partial charge in [0.15, 0.2) is 0 Å².